The number of hydrogen-bond donors (Lipinski definition) is 3. The summed E-state index contributed by atoms with van der Waals surface area (Å²) in [6.45, 7) is 5.65. The number of anilines is 5. The van der Waals surface area contributed by atoms with Gasteiger partial charge in [-0.1, -0.05) is 23.7 Å². The normalized spacial score (nSPS) is 23.6. The van der Waals surface area contributed by atoms with Crippen molar-refractivity contribution in [3.8, 4) is 5.75 Å². The molecule has 3 N–H and O–H groups in total. The van der Waals surface area contributed by atoms with Crippen molar-refractivity contribution in [1.82, 2.24) is 34.5 Å². The van der Waals surface area contributed by atoms with E-state index in [-0.39, 0.29) is 29.2 Å². The molecular formula is C46H52ClF2N11O4. The van der Waals surface area contributed by atoms with E-state index in [1.54, 1.807) is 19.3 Å². The zero-order chi connectivity index (χ0) is 44.1. The smallest absolute Gasteiger partial charge is 0.301 e. The average molecular weight is 896 g/mol. The van der Waals surface area contributed by atoms with Crippen LogP contribution in [0.3, 0.4) is 0 Å². The number of para-hydroxylation sites is 1. The van der Waals surface area contributed by atoms with Gasteiger partial charge >= 0.3 is 5.92 Å². The van der Waals surface area contributed by atoms with E-state index in [9.17, 15) is 14.4 Å². The van der Waals surface area contributed by atoms with E-state index in [2.05, 4.69) is 47.8 Å². The SMILES string of the molecule is Cn1nc(C2CCC(=O)NC2=O)c2cccc(N3CC4(CCC(CN5CCN(c6ncc(Cl)c(Nc7ccc8c(c7)c7c(c(=O)n8C)OCC(F)(F)C(C8CC8)N7)n6)CC5)CC4)C3)c21. The molecule has 2 aliphatic carbocycles. The van der Waals surface area contributed by atoms with Crippen molar-refractivity contribution >= 4 is 74.0 Å². The molecular weight excluding hydrogens is 844 g/mol. The quantitative estimate of drug-likeness (QED) is 0.153. The minimum Gasteiger partial charge on any atom is -0.480 e. The number of carbonyl (C=O) groups excluding carboxylic acids is 2. The molecule has 6 aliphatic rings. The molecule has 4 aliphatic heterocycles. The van der Waals surface area contributed by atoms with Crippen LogP contribution in [0, 0.1) is 17.3 Å². The first kappa shape index (κ1) is 41.2. The van der Waals surface area contributed by atoms with Crippen LogP contribution in [0.1, 0.15) is 63.0 Å². The van der Waals surface area contributed by atoms with Gasteiger partial charge in [0.2, 0.25) is 23.5 Å². The number of piperazine rings is 1. The summed E-state index contributed by atoms with van der Waals surface area (Å²) in [4.78, 5) is 54.4. The maximum Gasteiger partial charge on any atom is 0.301 e. The molecule has 3 saturated heterocycles. The van der Waals surface area contributed by atoms with Crippen LogP contribution in [0.2, 0.25) is 5.02 Å². The Morgan fingerprint density at radius 2 is 1.73 bits per heavy atom. The van der Waals surface area contributed by atoms with Crippen LogP contribution in [-0.2, 0) is 23.7 Å². The molecule has 2 unspecified atom stereocenters. The first-order valence-electron chi connectivity index (χ1n) is 22.6. The molecule has 7 heterocycles. The molecule has 2 saturated carbocycles. The second-order valence-corrected chi connectivity index (χ2v) is 19.5. The topological polar surface area (TPSA) is 155 Å². The highest BCUT2D eigenvalue weighted by Crippen LogP contribution is 2.49. The molecule has 5 aromatic rings. The Morgan fingerprint density at radius 1 is 0.953 bits per heavy atom. The summed E-state index contributed by atoms with van der Waals surface area (Å²) in [5.41, 5.74) is 4.30. The van der Waals surface area contributed by atoms with Crippen molar-refractivity contribution in [3.63, 3.8) is 0 Å². The number of nitrogens with zero attached hydrogens (tertiary/aromatic N) is 8. The Kier molecular flexibility index (Phi) is 10.0. The highest BCUT2D eigenvalue weighted by molar-refractivity contribution is 6.33. The maximum atomic E-state index is 15.2. The van der Waals surface area contributed by atoms with E-state index < -0.39 is 30.0 Å². The van der Waals surface area contributed by atoms with Gasteiger partial charge in [-0.2, -0.15) is 10.1 Å². The second-order valence-electron chi connectivity index (χ2n) is 19.1. The number of rotatable bonds is 8. The molecule has 18 heteroatoms. The number of nitrogens with one attached hydrogen (secondary N) is 3. The van der Waals surface area contributed by atoms with Crippen molar-refractivity contribution in [2.75, 3.05) is 72.9 Å². The van der Waals surface area contributed by atoms with Gasteiger partial charge in [-0.15, -0.1) is 0 Å². The molecule has 15 nitrogen and oxygen atoms in total. The summed E-state index contributed by atoms with van der Waals surface area (Å²) in [6.07, 6.45) is 8.67. The zero-order valence-electron chi connectivity index (χ0n) is 36.0. The van der Waals surface area contributed by atoms with Gasteiger partial charge in [-0.25, -0.2) is 13.8 Å². The summed E-state index contributed by atoms with van der Waals surface area (Å²) in [5, 5.41) is 15.6. The van der Waals surface area contributed by atoms with Gasteiger partial charge in [0, 0.05) is 88.2 Å². The maximum absolute atomic E-state index is 15.2. The summed E-state index contributed by atoms with van der Waals surface area (Å²) in [7, 11) is 3.56. The first-order chi connectivity index (χ1) is 30.8. The van der Waals surface area contributed by atoms with E-state index >= 15 is 8.78 Å². The molecule has 5 fully saturated rings. The number of halogens is 3. The largest absolute Gasteiger partial charge is 0.480 e. The standard InChI is InChI=1S/C46H52ClF2N11O4/c1-56-33-10-8-28(20-31(33)37-39(43(56)63)64-25-46(48,49)40(53-37)27-6-7-27)51-41-32(47)21-50-44(54-41)59-18-16-58(17-19-59)22-26-12-14-45(15-13-26)23-60(24-45)34-5-3-4-29-36(55-57(2)38(29)34)30-9-11-35(61)52-42(30)62/h3-5,8,10,20-21,26-27,30,40,53H,6-7,9,11-19,22-25H2,1-2H3,(H,50,51,54)(H,52,61,62). The predicted molar refractivity (Wildman–Crippen MR) is 241 cm³/mol. The Balaban J connectivity index is 0.703. The fourth-order valence-electron chi connectivity index (χ4n) is 11.0. The number of aryl methyl sites for hydroxylation is 2. The van der Waals surface area contributed by atoms with Crippen molar-refractivity contribution in [3.05, 3.63) is 63.7 Å². The monoisotopic (exact) mass is 895 g/mol. The number of fused-ring (bicyclic) bond motifs is 4. The number of aromatic nitrogens is 5. The van der Waals surface area contributed by atoms with Crippen molar-refractivity contribution in [2.45, 2.75) is 69.2 Å². The minimum absolute atomic E-state index is 0.102. The molecule has 0 radical (unpaired) electrons. The molecule has 0 bridgehead atoms. The average Bonchev–Trinajstić information content (AvgIpc) is 4.07. The molecule has 64 heavy (non-hydrogen) atoms. The van der Waals surface area contributed by atoms with Crippen molar-refractivity contribution < 1.29 is 23.1 Å². The summed E-state index contributed by atoms with van der Waals surface area (Å²) < 4.78 is 39.2. The van der Waals surface area contributed by atoms with Crippen LogP contribution in [-0.4, -0.2) is 105 Å². The third-order valence-corrected chi connectivity index (χ3v) is 15.1. The first-order valence-corrected chi connectivity index (χ1v) is 23.0. The highest BCUT2D eigenvalue weighted by atomic mass is 35.5. The number of ether oxygens (including phenoxy) is 1. The van der Waals surface area contributed by atoms with Crippen molar-refractivity contribution in [2.24, 2.45) is 31.3 Å². The Morgan fingerprint density at radius 3 is 2.48 bits per heavy atom. The number of pyridine rings is 1. The number of amides is 2. The van der Waals surface area contributed by atoms with Crippen LogP contribution in [0.4, 0.5) is 37.6 Å². The van der Waals surface area contributed by atoms with E-state index in [4.69, 9.17) is 26.4 Å². The molecule has 11 rings (SSSR count). The van der Waals surface area contributed by atoms with Gasteiger partial charge in [0.05, 0.1) is 46.3 Å². The molecule has 1 spiro atoms. The fraction of sp³-hybridized carbons (Fsp3) is 0.522. The van der Waals surface area contributed by atoms with Crippen LogP contribution in [0.15, 0.2) is 47.4 Å². The molecule has 336 valence electrons. The third-order valence-electron chi connectivity index (χ3n) is 14.8. The number of carbonyl (C=O) groups is 2. The predicted octanol–water partition coefficient (Wildman–Crippen LogP) is 6.17. The van der Waals surface area contributed by atoms with Gasteiger partial charge < -0.3 is 29.7 Å². The van der Waals surface area contributed by atoms with Crippen molar-refractivity contribution in [1.29, 1.82) is 0 Å². The van der Waals surface area contributed by atoms with Crippen LogP contribution >= 0.6 is 11.6 Å². The Hall–Kier alpha value is -5.55. The van der Waals surface area contributed by atoms with Gasteiger partial charge in [0.25, 0.3) is 5.56 Å². The van der Waals surface area contributed by atoms with Crippen LogP contribution in [0.25, 0.3) is 21.8 Å². The number of alkyl halides is 2. The van der Waals surface area contributed by atoms with Crippen LogP contribution < -0.4 is 36.0 Å². The highest BCUT2D eigenvalue weighted by Gasteiger charge is 2.51. The number of piperidine rings is 1. The molecule has 2 aromatic carbocycles. The fourth-order valence-corrected chi connectivity index (χ4v) is 11.2. The van der Waals surface area contributed by atoms with Gasteiger partial charge in [0.1, 0.15) is 5.02 Å². The van der Waals surface area contributed by atoms with Gasteiger partial charge in [0.15, 0.2) is 12.4 Å². The van der Waals surface area contributed by atoms with Gasteiger partial charge in [-0.3, -0.25) is 29.3 Å². The van der Waals surface area contributed by atoms with E-state index in [0.29, 0.717) is 70.4 Å². The van der Waals surface area contributed by atoms with E-state index in [1.165, 1.54) is 30.3 Å². The van der Waals surface area contributed by atoms with Crippen LogP contribution in [0.5, 0.6) is 5.75 Å². The third kappa shape index (κ3) is 7.28. The zero-order valence-corrected chi connectivity index (χ0v) is 36.8. The molecule has 2 amide bonds. The second kappa shape index (κ2) is 15.6. The number of hydrogen-bond acceptors (Lipinski definition) is 12. The Bertz CT molecular complexity index is 2750. The van der Waals surface area contributed by atoms with Gasteiger partial charge in [-0.05, 0) is 81.0 Å². The van der Waals surface area contributed by atoms with E-state index in [0.717, 1.165) is 68.1 Å². The summed E-state index contributed by atoms with van der Waals surface area (Å²) >= 11 is 6.65. The van der Waals surface area contributed by atoms with E-state index in [1.807, 2.05) is 29.9 Å². The number of imide groups is 1. The lowest BCUT2D eigenvalue weighted by molar-refractivity contribution is -0.134. The Labute approximate surface area is 373 Å². The summed E-state index contributed by atoms with van der Waals surface area (Å²) in [6, 6.07) is 10.6. The lowest BCUT2D eigenvalue weighted by Crippen LogP contribution is -2.58. The minimum atomic E-state index is -3.13. The molecule has 3 aromatic heterocycles. The summed E-state index contributed by atoms with van der Waals surface area (Å²) in [5.74, 6) is -2.65. The lowest BCUT2D eigenvalue weighted by atomic mass is 9.65. The number of benzene rings is 2. The lowest BCUT2D eigenvalue weighted by Gasteiger charge is -2.55. The molecule has 2 atom stereocenters.